The maximum atomic E-state index is 11.7. The predicted octanol–water partition coefficient (Wildman–Crippen LogP) is 1.58. The van der Waals surface area contributed by atoms with Crippen molar-refractivity contribution in [2.45, 2.75) is 82.7 Å². The number of unbranched alkanes of at least 4 members (excludes halogenated alkanes) is 2. The molecule has 0 aliphatic carbocycles. The van der Waals surface area contributed by atoms with Crippen LogP contribution in [0.25, 0.3) is 0 Å². The summed E-state index contributed by atoms with van der Waals surface area (Å²) in [5.41, 5.74) is 0. The van der Waals surface area contributed by atoms with Gasteiger partial charge in [0.25, 0.3) is 0 Å². The van der Waals surface area contributed by atoms with Gasteiger partial charge in [0.05, 0.1) is 18.7 Å². The summed E-state index contributed by atoms with van der Waals surface area (Å²) in [6, 6.07) is -0.452. The van der Waals surface area contributed by atoms with E-state index in [2.05, 4.69) is 29.8 Å². The fraction of sp³-hybridized carbons (Fsp3) is 0.833. The fourth-order valence-electron chi connectivity index (χ4n) is 2.82. The van der Waals surface area contributed by atoms with Crippen molar-refractivity contribution in [3.63, 3.8) is 0 Å². The van der Waals surface area contributed by atoms with Crippen molar-refractivity contribution in [3.8, 4) is 0 Å². The van der Waals surface area contributed by atoms with Gasteiger partial charge in [-0.25, -0.2) is 4.79 Å². The van der Waals surface area contributed by atoms with E-state index in [1.54, 1.807) is 0 Å². The lowest BCUT2D eigenvalue weighted by molar-refractivity contribution is -0.127. The van der Waals surface area contributed by atoms with E-state index in [-0.39, 0.29) is 36.4 Å². The minimum Gasteiger partial charge on any atom is -0.394 e. The number of carbonyl (C=O) groups is 3. The molecule has 0 spiro atoms. The molecule has 0 saturated carbocycles. The highest BCUT2D eigenvalue weighted by Crippen LogP contribution is 2.33. The number of urea groups is 1. The number of nitrogens with one attached hydrogen (secondary N) is 3. The van der Waals surface area contributed by atoms with Crippen LogP contribution in [0.2, 0.25) is 0 Å². The Kier molecular flexibility index (Phi) is 10.7. The third-order valence-corrected chi connectivity index (χ3v) is 6.10. The van der Waals surface area contributed by atoms with Gasteiger partial charge in [0.2, 0.25) is 5.91 Å². The van der Waals surface area contributed by atoms with Gasteiger partial charge in [-0.2, -0.15) is 11.8 Å². The molecule has 2 aliphatic rings. The molecular weight excluding hydrogens is 354 g/mol. The molecule has 1 unspecified atom stereocenters. The second-order valence-corrected chi connectivity index (χ2v) is 8.05. The Labute approximate surface area is 160 Å². The average molecular weight is 388 g/mol. The van der Waals surface area contributed by atoms with Crippen molar-refractivity contribution < 1.29 is 19.5 Å². The van der Waals surface area contributed by atoms with Crippen molar-refractivity contribution in [2.75, 3.05) is 12.4 Å². The summed E-state index contributed by atoms with van der Waals surface area (Å²) in [7, 11) is 0. The van der Waals surface area contributed by atoms with Gasteiger partial charge in [-0.05, 0) is 19.8 Å². The summed E-state index contributed by atoms with van der Waals surface area (Å²) in [6.07, 6.45) is 5.57. The van der Waals surface area contributed by atoms with Gasteiger partial charge in [-0.3, -0.25) is 9.59 Å². The second-order valence-electron chi connectivity index (χ2n) is 6.78. The van der Waals surface area contributed by atoms with E-state index in [0.29, 0.717) is 11.7 Å². The summed E-state index contributed by atoms with van der Waals surface area (Å²) >= 11 is 1.86. The Bertz CT molecular complexity index is 473. The molecule has 0 aromatic carbocycles. The highest BCUT2D eigenvalue weighted by molar-refractivity contribution is 8.00. The molecule has 26 heavy (non-hydrogen) atoms. The monoisotopic (exact) mass is 387 g/mol. The Morgan fingerprint density at radius 1 is 1.27 bits per heavy atom. The molecule has 7 nitrogen and oxygen atoms in total. The van der Waals surface area contributed by atoms with E-state index in [0.717, 1.165) is 25.0 Å². The lowest BCUT2D eigenvalue weighted by Crippen LogP contribution is -2.42. The Balaban J connectivity index is 0.000000765. The lowest BCUT2D eigenvalue weighted by atomic mass is 10.0. The number of fused-ring (bicyclic) bond motifs is 1. The minimum absolute atomic E-state index is 0.0843. The summed E-state index contributed by atoms with van der Waals surface area (Å²) in [5.74, 6) is 0.487. The normalized spacial score (nSPS) is 24.6. The summed E-state index contributed by atoms with van der Waals surface area (Å²) < 4.78 is 0. The molecule has 3 amide bonds. The number of thioether (sulfide) groups is 1. The highest BCUT2D eigenvalue weighted by atomic mass is 32.2. The first-order chi connectivity index (χ1) is 12.4. The van der Waals surface area contributed by atoms with Gasteiger partial charge in [-0.15, -0.1) is 0 Å². The van der Waals surface area contributed by atoms with Crippen LogP contribution < -0.4 is 16.0 Å². The number of hydrogen-bond donors (Lipinski definition) is 4. The highest BCUT2D eigenvalue weighted by Gasteiger charge is 2.42. The molecule has 4 N–H and O–H groups in total. The largest absolute Gasteiger partial charge is 0.394 e. The van der Waals surface area contributed by atoms with Crippen LogP contribution in [0.3, 0.4) is 0 Å². The van der Waals surface area contributed by atoms with E-state index in [9.17, 15) is 14.4 Å². The van der Waals surface area contributed by atoms with E-state index in [1.807, 2.05) is 11.8 Å². The van der Waals surface area contributed by atoms with E-state index < -0.39 is 6.04 Å². The van der Waals surface area contributed by atoms with Crippen LogP contribution in [0.4, 0.5) is 4.79 Å². The molecule has 0 aromatic rings. The summed E-state index contributed by atoms with van der Waals surface area (Å²) in [5, 5.41) is 17.8. The first-order valence-corrected chi connectivity index (χ1v) is 10.6. The van der Waals surface area contributed by atoms with E-state index in [4.69, 9.17) is 5.11 Å². The minimum atomic E-state index is -0.793. The lowest BCUT2D eigenvalue weighted by Gasteiger charge is -2.16. The SMILES string of the molecule is CC(=O)C(CO)NC(=O)CCCC[C@@H]1SC[C@@H]2NC(=O)N[C@@H]21.CCCC. The molecule has 0 aromatic heterocycles. The fourth-order valence-corrected chi connectivity index (χ4v) is 4.36. The van der Waals surface area contributed by atoms with Crippen LogP contribution in [0, 0.1) is 0 Å². The standard InChI is InChI=1S/C14H23N3O4S.C4H10/c1-8(19)9(6-18)15-12(20)5-3-2-4-11-13-10(7-22-11)16-14(21)17-13;1-3-4-2/h9-11,13,18H,2-7H2,1H3,(H,15,20)(H2,16,17,21);3-4H2,1-2H3/t9?,10-,11-,13-;/m0./s1. The van der Waals surface area contributed by atoms with Gasteiger partial charge in [0.15, 0.2) is 5.78 Å². The maximum absolute atomic E-state index is 11.7. The van der Waals surface area contributed by atoms with Crippen molar-refractivity contribution in [1.29, 1.82) is 0 Å². The summed E-state index contributed by atoms with van der Waals surface area (Å²) in [4.78, 5) is 34.1. The number of ketones is 1. The molecule has 2 heterocycles. The van der Waals surface area contributed by atoms with Gasteiger partial charge in [0.1, 0.15) is 6.04 Å². The molecule has 4 atom stereocenters. The number of aliphatic hydroxyl groups is 1. The molecule has 2 fully saturated rings. The zero-order valence-corrected chi connectivity index (χ0v) is 16.9. The first kappa shape index (κ1) is 22.8. The van der Waals surface area contributed by atoms with E-state index >= 15 is 0 Å². The average Bonchev–Trinajstić information content (AvgIpc) is 3.16. The first-order valence-electron chi connectivity index (χ1n) is 9.52. The summed E-state index contributed by atoms with van der Waals surface area (Å²) in [6.45, 7) is 5.34. The number of carbonyl (C=O) groups excluding carboxylic acids is 3. The smallest absolute Gasteiger partial charge is 0.315 e. The zero-order chi connectivity index (χ0) is 19.5. The number of hydrogen-bond acceptors (Lipinski definition) is 5. The van der Waals surface area contributed by atoms with Crippen molar-refractivity contribution in [3.05, 3.63) is 0 Å². The van der Waals surface area contributed by atoms with Crippen LogP contribution >= 0.6 is 11.8 Å². The Hall–Kier alpha value is -1.28. The van der Waals surface area contributed by atoms with Crippen LogP contribution in [0.1, 0.15) is 59.3 Å². The molecular formula is C18H33N3O4S. The van der Waals surface area contributed by atoms with Crippen LogP contribution in [0.15, 0.2) is 0 Å². The van der Waals surface area contributed by atoms with Gasteiger partial charge in [0, 0.05) is 17.4 Å². The van der Waals surface area contributed by atoms with Crippen LogP contribution in [-0.4, -0.2) is 58.6 Å². The van der Waals surface area contributed by atoms with Gasteiger partial charge < -0.3 is 21.1 Å². The maximum Gasteiger partial charge on any atom is 0.315 e. The van der Waals surface area contributed by atoms with E-state index in [1.165, 1.54) is 19.8 Å². The number of aliphatic hydroxyl groups excluding tert-OH is 1. The molecule has 0 bridgehead atoms. The van der Waals surface area contributed by atoms with Gasteiger partial charge >= 0.3 is 6.03 Å². The molecule has 2 saturated heterocycles. The predicted molar refractivity (Wildman–Crippen MR) is 104 cm³/mol. The number of rotatable bonds is 9. The Morgan fingerprint density at radius 3 is 2.54 bits per heavy atom. The second kappa shape index (κ2) is 12.2. The van der Waals surface area contributed by atoms with Crippen molar-refractivity contribution in [1.82, 2.24) is 16.0 Å². The van der Waals surface area contributed by atoms with Crippen LogP contribution in [0.5, 0.6) is 0 Å². The molecule has 0 radical (unpaired) electrons. The number of amides is 3. The molecule has 2 rings (SSSR count). The third-order valence-electron chi connectivity index (χ3n) is 4.59. The molecule has 8 heteroatoms. The van der Waals surface area contributed by atoms with Gasteiger partial charge in [-0.1, -0.05) is 33.1 Å². The van der Waals surface area contributed by atoms with Crippen molar-refractivity contribution >= 4 is 29.5 Å². The van der Waals surface area contributed by atoms with Crippen LogP contribution in [-0.2, 0) is 9.59 Å². The molecule has 2 aliphatic heterocycles. The zero-order valence-electron chi connectivity index (χ0n) is 16.0. The quantitative estimate of drug-likeness (QED) is 0.355. The third kappa shape index (κ3) is 7.53. The van der Waals surface area contributed by atoms with Crippen molar-refractivity contribution in [2.24, 2.45) is 0 Å². The topological polar surface area (TPSA) is 108 Å². The molecule has 150 valence electrons. The number of Topliss-reactive ketones (excluding diaryl/α,β-unsaturated/α-hetero) is 1. The Morgan fingerprint density at radius 2 is 1.96 bits per heavy atom.